The van der Waals surface area contributed by atoms with Crippen molar-refractivity contribution in [3.8, 4) is 11.1 Å². The van der Waals surface area contributed by atoms with Gasteiger partial charge in [0.2, 0.25) is 10.0 Å². The number of hydrogen-bond acceptors (Lipinski definition) is 7. The van der Waals surface area contributed by atoms with E-state index in [4.69, 9.17) is 16.3 Å². The Balaban J connectivity index is 1.22. The second-order valence-electron chi connectivity index (χ2n) is 8.93. The van der Waals surface area contributed by atoms with Crippen LogP contribution in [0.15, 0.2) is 102 Å². The molecule has 0 amide bonds. The number of carboxylic acid groups (broad SMARTS) is 1. The van der Waals surface area contributed by atoms with Gasteiger partial charge in [-0.1, -0.05) is 60.1 Å². The number of carbonyl (C=O) groups is 1. The number of nitrogens with one attached hydrogen (secondary N) is 3. The topological polar surface area (TPSA) is 133 Å². The first-order valence-electron chi connectivity index (χ1n) is 12.1. The summed E-state index contributed by atoms with van der Waals surface area (Å²) in [5.41, 5.74) is 4.36. The van der Waals surface area contributed by atoms with Gasteiger partial charge in [0.25, 0.3) is 0 Å². The Morgan fingerprint density at radius 1 is 0.897 bits per heavy atom. The molecule has 9 nitrogen and oxygen atoms in total. The molecule has 0 saturated carbocycles. The highest BCUT2D eigenvalue weighted by molar-refractivity contribution is 7.89. The van der Waals surface area contributed by atoms with Crippen molar-refractivity contribution in [2.45, 2.75) is 29.8 Å². The summed E-state index contributed by atoms with van der Waals surface area (Å²) in [5, 5.41) is 16.3. The molecule has 1 fully saturated rings. The molecule has 4 N–H and O–H groups in total. The Morgan fingerprint density at radius 2 is 1.59 bits per heavy atom. The Bertz CT molecular complexity index is 1570. The van der Waals surface area contributed by atoms with Crippen molar-refractivity contribution in [2.75, 3.05) is 10.6 Å². The molecular weight excluding hydrogens is 540 g/mol. The van der Waals surface area contributed by atoms with E-state index in [-0.39, 0.29) is 28.8 Å². The van der Waals surface area contributed by atoms with Crippen LogP contribution in [0.3, 0.4) is 0 Å². The lowest BCUT2D eigenvalue weighted by atomic mass is 10.0. The summed E-state index contributed by atoms with van der Waals surface area (Å²) in [6.45, 7) is 0. The van der Waals surface area contributed by atoms with Crippen LogP contribution in [0.5, 0.6) is 0 Å². The van der Waals surface area contributed by atoms with Gasteiger partial charge in [-0.05, 0) is 59.5 Å². The minimum absolute atomic E-state index is 0.0176. The lowest BCUT2D eigenvalue weighted by molar-refractivity contribution is -0.138. The predicted octanol–water partition coefficient (Wildman–Crippen LogP) is 4.58. The van der Waals surface area contributed by atoms with Crippen LogP contribution < -0.4 is 15.4 Å². The number of pyridine rings is 1. The third-order valence-corrected chi connectivity index (χ3v) is 8.07. The molecule has 39 heavy (non-hydrogen) atoms. The zero-order chi connectivity index (χ0) is 27.4. The monoisotopic (exact) mass is 564 g/mol. The molecule has 2 heterocycles. The van der Waals surface area contributed by atoms with E-state index >= 15 is 0 Å². The molecule has 1 aromatic heterocycles. The van der Waals surface area contributed by atoms with Gasteiger partial charge in [0, 0.05) is 23.8 Å². The zero-order valence-corrected chi connectivity index (χ0v) is 22.1. The SMILES string of the molecule is O=C(O)C(Cc1ccc(-c2cccc(NC3OC3Nc3ccncc3)c2)cc1)NS(=O)(=O)c1ccccc1Cl. The van der Waals surface area contributed by atoms with E-state index in [1.807, 2.05) is 48.5 Å². The van der Waals surface area contributed by atoms with Crippen molar-refractivity contribution >= 4 is 39.0 Å². The molecule has 200 valence electrons. The highest BCUT2D eigenvalue weighted by Gasteiger charge is 2.39. The van der Waals surface area contributed by atoms with E-state index in [1.54, 1.807) is 30.6 Å². The third kappa shape index (κ3) is 6.73. The Labute approximate surface area is 230 Å². The van der Waals surface area contributed by atoms with Gasteiger partial charge >= 0.3 is 5.97 Å². The minimum Gasteiger partial charge on any atom is -0.480 e. The van der Waals surface area contributed by atoms with E-state index in [9.17, 15) is 18.3 Å². The molecule has 0 spiro atoms. The third-order valence-electron chi connectivity index (χ3n) is 6.10. The van der Waals surface area contributed by atoms with Crippen LogP contribution in [0.4, 0.5) is 11.4 Å². The van der Waals surface area contributed by atoms with Gasteiger partial charge in [-0.3, -0.25) is 9.78 Å². The molecule has 0 aliphatic carbocycles. The minimum atomic E-state index is -4.13. The number of nitrogens with zero attached hydrogens (tertiary/aromatic N) is 1. The molecule has 4 aromatic rings. The van der Waals surface area contributed by atoms with Gasteiger partial charge in [-0.25, -0.2) is 8.42 Å². The molecule has 0 bridgehead atoms. The van der Waals surface area contributed by atoms with Gasteiger partial charge in [-0.2, -0.15) is 4.72 Å². The van der Waals surface area contributed by atoms with Crippen molar-refractivity contribution < 1.29 is 23.1 Å². The van der Waals surface area contributed by atoms with Crippen LogP contribution in [0.25, 0.3) is 11.1 Å². The smallest absolute Gasteiger partial charge is 0.322 e. The number of hydrogen-bond donors (Lipinski definition) is 4. The molecule has 3 aromatic carbocycles. The quantitative estimate of drug-likeness (QED) is 0.195. The van der Waals surface area contributed by atoms with Gasteiger partial charge in [-0.15, -0.1) is 0 Å². The molecule has 1 saturated heterocycles. The second-order valence-corrected chi connectivity index (χ2v) is 11.0. The summed E-state index contributed by atoms with van der Waals surface area (Å²) >= 11 is 6.01. The van der Waals surface area contributed by atoms with Gasteiger partial charge < -0.3 is 20.5 Å². The molecule has 5 rings (SSSR count). The van der Waals surface area contributed by atoms with Crippen molar-refractivity contribution in [3.63, 3.8) is 0 Å². The van der Waals surface area contributed by atoms with Crippen LogP contribution in [-0.4, -0.2) is 43.0 Å². The standard InChI is InChI=1S/C28H25ClN4O5S/c29-23-6-1-2-7-25(23)39(36,37)33-24(28(34)35)16-18-8-10-19(11-9-18)20-4-3-5-22(17-20)32-27-26(38-27)31-21-12-14-30-15-13-21/h1-15,17,24,26-27,32-33H,16H2,(H,30,31)(H,34,35). The zero-order valence-electron chi connectivity index (χ0n) is 20.5. The normalized spacial score (nSPS) is 17.3. The van der Waals surface area contributed by atoms with E-state index in [0.717, 1.165) is 22.5 Å². The van der Waals surface area contributed by atoms with E-state index in [1.165, 1.54) is 18.2 Å². The number of anilines is 2. The molecule has 3 atom stereocenters. The summed E-state index contributed by atoms with van der Waals surface area (Å²) in [7, 11) is -4.13. The predicted molar refractivity (Wildman–Crippen MR) is 149 cm³/mol. The average Bonchev–Trinajstić information content (AvgIpc) is 3.66. The number of epoxide rings is 1. The molecule has 1 aliphatic rings. The fourth-order valence-electron chi connectivity index (χ4n) is 4.06. The Kier molecular flexibility index (Phi) is 7.80. The van der Waals surface area contributed by atoms with Crippen LogP contribution in [-0.2, 0) is 26.0 Å². The fourth-order valence-corrected chi connectivity index (χ4v) is 5.77. The Hall–Kier alpha value is -3.96. The maximum atomic E-state index is 12.7. The van der Waals surface area contributed by atoms with Gasteiger partial charge in [0.1, 0.15) is 10.9 Å². The maximum absolute atomic E-state index is 12.7. The second kappa shape index (κ2) is 11.4. The molecule has 1 aliphatic heterocycles. The highest BCUT2D eigenvalue weighted by Crippen LogP contribution is 2.29. The van der Waals surface area contributed by atoms with Gasteiger partial charge in [0.05, 0.1) is 5.02 Å². The largest absolute Gasteiger partial charge is 0.480 e. The fraction of sp³-hybridized carbons (Fsp3) is 0.143. The van der Waals surface area contributed by atoms with Crippen LogP contribution >= 0.6 is 11.6 Å². The first kappa shape index (κ1) is 26.6. The highest BCUT2D eigenvalue weighted by atomic mass is 35.5. The molecule has 0 radical (unpaired) electrons. The van der Waals surface area contributed by atoms with E-state index in [0.29, 0.717) is 5.56 Å². The maximum Gasteiger partial charge on any atom is 0.322 e. The summed E-state index contributed by atoms with van der Waals surface area (Å²) in [4.78, 5) is 15.7. The number of aromatic nitrogens is 1. The summed E-state index contributed by atoms with van der Waals surface area (Å²) < 4.78 is 33.4. The lowest BCUT2D eigenvalue weighted by Gasteiger charge is -2.16. The molecular formula is C28H25ClN4O5S. The average molecular weight is 565 g/mol. The van der Waals surface area contributed by atoms with Crippen LogP contribution in [0.1, 0.15) is 5.56 Å². The van der Waals surface area contributed by atoms with Crippen molar-refractivity contribution in [2.24, 2.45) is 0 Å². The lowest BCUT2D eigenvalue weighted by Crippen LogP contribution is -2.42. The summed E-state index contributed by atoms with van der Waals surface area (Å²) in [6.07, 6.45) is 3.07. The number of rotatable bonds is 11. The first-order valence-corrected chi connectivity index (χ1v) is 13.9. The van der Waals surface area contributed by atoms with Crippen molar-refractivity contribution in [1.29, 1.82) is 0 Å². The Morgan fingerprint density at radius 3 is 2.28 bits per heavy atom. The van der Waals surface area contributed by atoms with Crippen LogP contribution in [0.2, 0.25) is 5.02 Å². The number of sulfonamides is 1. The van der Waals surface area contributed by atoms with Gasteiger partial charge in [0.15, 0.2) is 12.5 Å². The van der Waals surface area contributed by atoms with E-state index < -0.39 is 22.0 Å². The number of benzene rings is 3. The number of halogens is 1. The number of aliphatic carboxylic acids is 1. The first-order chi connectivity index (χ1) is 18.8. The van der Waals surface area contributed by atoms with Crippen LogP contribution in [0, 0.1) is 0 Å². The number of ether oxygens (including phenoxy) is 1. The molecule has 11 heteroatoms. The van der Waals surface area contributed by atoms with Crippen molar-refractivity contribution in [1.82, 2.24) is 9.71 Å². The number of carboxylic acids is 1. The summed E-state index contributed by atoms with van der Waals surface area (Å²) in [5.74, 6) is -1.28. The van der Waals surface area contributed by atoms with Crippen molar-refractivity contribution in [3.05, 3.63) is 108 Å². The molecule has 3 unspecified atom stereocenters. The van der Waals surface area contributed by atoms with E-state index in [2.05, 4.69) is 20.3 Å². The summed E-state index contributed by atoms with van der Waals surface area (Å²) in [6, 6.07) is 23.4.